The first-order valence-electron chi connectivity index (χ1n) is 8.18. The number of halogens is 1. The van der Waals surface area contributed by atoms with Crippen LogP contribution in [0.25, 0.3) is 10.9 Å². The number of carbonyl (C=O) groups excluding carboxylic acids is 1. The van der Waals surface area contributed by atoms with Gasteiger partial charge in [-0.25, -0.2) is 0 Å². The fourth-order valence-electron chi connectivity index (χ4n) is 4.12. The molecular weight excluding hydrogens is 312 g/mol. The van der Waals surface area contributed by atoms with Crippen molar-refractivity contribution in [2.24, 2.45) is 0 Å². The van der Waals surface area contributed by atoms with Crippen molar-refractivity contribution in [1.29, 1.82) is 0 Å². The minimum Gasteiger partial charge on any atom is -0.348 e. The minimum absolute atomic E-state index is 0. The summed E-state index contributed by atoms with van der Waals surface area (Å²) in [5, 5.41) is 11.2. The Morgan fingerprint density at radius 1 is 1.26 bits per heavy atom. The molecule has 2 aromatic rings. The number of nitrogens with zero attached hydrogens (tertiary/aromatic N) is 2. The average Bonchev–Trinajstić information content (AvgIpc) is 2.92. The lowest BCUT2D eigenvalue weighted by molar-refractivity contribution is 0.0462. The van der Waals surface area contributed by atoms with Crippen molar-refractivity contribution in [2.45, 2.75) is 50.2 Å². The quantitative estimate of drug-likeness (QED) is 0.887. The van der Waals surface area contributed by atoms with Crippen molar-refractivity contribution in [3.8, 4) is 0 Å². The SMILES string of the molecule is CN1[C@@H]2CCC[C@H]1CC(NC(=O)c1n[nH]c3ccccc13)C2.Cl. The number of para-hydroxylation sites is 1. The summed E-state index contributed by atoms with van der Waals surface area (Å²) in [6, 6.07) is 9.28. The summed E-state index contributed by atoms with van der Waals surface area (Å²) in [6.45, 7) is 0. The number of benzene rings is 1. The first-order chi connectivity index (χ1) is 10.7. The van der Waals surface area contributed by atoms with Crippen LogP contribution in [0.2, 0.25) is 0 Å². The van der Waals surface area contributed by atoms with Crippen molar-refractivity contribution >= 4 is 29.2 Å². The normalized spacial score (nSPS) is 27.4. The molecule has 0 radical (unpaired) electrons. The highest BCUT2D eigenvalue weighted by Crippen LogP contribution is 2.32. The molecule has 3 heterocycles. The van der Waals surface area contributed by atoms with Gasteiger partial charge in [-0.3, -0.25) is 9.89 Å². The van der Waals surface area contributed by atoms with E-state index in [0.717, 1.165) is 23.7 Å². The zero-order valence-electron chi connectivity index (χ0n) is 13.3. The highest BCUT2D eigenvalue weighted by atomic mass is 35.5. The van der Waals surface area contributed by atoms with Gasteiger partial charge in [-0.05, 0) is 38.8 Å². The maximum atomic E-state index is 12.6. The number of hydrogen-bond donors (Lipinski definition) is 2. The van der Waals surface area contributed by atoms with Gasteiger partial charge in [0, 0.05) is 23.5 Å². The van der Waals surface area contributed by atoms with Gasteiger partial charge in [-0.2, -0.15) is 5.10 Å². The molecule has 6 heteroatoms. The number of fused-ring (bicyclic) bond motifs is 3. The Morgan fingerprint density at radius 3 is 2.70 bits per heavy atom. The molecule has 2 bridgehead atoms. The number of hydrogen-bond acceptors (Lipinski definition) is 3. The summed E-state index contributed by atoms with van der Waals surface area (Å²) < 4.78 is 0. The van der Waals surface area contributed by atoms with Gasteiger partial charge in [-0.15, -0.1) is 12.4 Å². The summed E-state index contributed by atoms with van der Waals surface area (Å²) >= 11 is 0. The lowest BCUT2D eigenvalue weighted by Gasteiger charge is -2.47. The smallest absolute Gasteiger partial charge is 0.272 e. The van der Waals surface area contributed by atoms with E-state index >= 15 is 0 Å². The van der Waals surface area contributed by atoms with E-state index in [1.165, 1.54) is 19.3 Å². The number of aromatic amines is 1. The van der Waals surface area contributed by atoms with E-state index < -0.39 is 0 Å². The number of amides is 1. The monoisotopic (exact) mass is 334 g/mol. The Bertz CT molecular complexity index is 687. The summed E-state index contributed by atoms with van der Waals surface area (Å²) in [7, 11) is 2.23. The van der Waals surface area contributed by atoms with Crippen molar-refractivity contribution in [2.75, 3.05) is 7.05 Å². The maximum absolute atomic E-state index is 12.6. The van der Waals surface area contributed by atoms with Gasteiger partial charge in [0.1, 0.15) is 0 Å². The summed E-state index contributed by atoms with van der Waals surface area (Å²) in [4.78, 5) is 15.1. The zero-order chi connectivity index (χ0) is 15.1. The predicted octanol–water partition coefficient (Wildman–Crippen LogP) is 2.73. The number of piperidine rings is 2. The Balaban J connectivity index is 0.00000156. The molecule has 0 spiro atoms. The van der Waals surface area contributed by atoms with Gasteiger partial charge in [0.15, 0.2) is 5.69 Å². The topological polar surface area (TPSA) is 61.0 Å². The molecule has 0 aliphatic carbocycles. The molecule has 23 heavy (non-hydrogen) atoms. The molecule has 4 rings (SSSR count). The lowest BCUT2D eigenvalue weighted by Crippen LogP contribution is -2.55. The molecule has 2 saturated heterocycles. The number of aromatic nitrogens is 2. The number of rotatable bonds is 2. The molecule has 2 N–H and O–H groups in total. The molecule has 124 valence electrons. The van der Waals surface area contributed by atoms with Crippen molar-refractivity contribution < 1.29 is 4.79 Å². The molecule has 1 aromatic heterocycles. The van der Waals surface area contributed by atoms with E-state index in [9.17, 15) is 4.79 Å². The van der Waals surface area contributed by atoms with Gasteiger partial charge in [0.2, 0.25) is 0 Å². The third kappa shape index (κ3) is 2.95. The predicted molar refractivity (Wildman–Crippen MR) is 93.0 cm³/mol. The van der Waals surface area contributed by atoms with Gasteiger partial charge in [-0.1, -0.05) is 24.6 Å². The molecular formula is C17H23ClN4O. The van der Waals surface area contributed by atoms with E-state index in [1.807, 2.05) is 24.3 Å². The van der Waals surface area contributed by atoms with Crippen LogP contribution in [0.5, 0.6) is 0 Å². The molecule has 1 aromatic carbocycles. The van der Waals surface area contributed by atoms with E-state index in [2.05, 4.69) is 27.5 Å². The Hall–Kier alpha value is -1.59. The number of H-pyrrole nitrogens is 1. The molecule has 2 aliphatic rings. The first kappa shape index (κ1) is 16.3. The third-order valence-corrected chi connectivity index (χ3v) is 5.36. The van der Waals surface area contributed by atoms with Crippen LogP contribution in [0, 0.1) is 0 Å². The Labute approximate surface area is 142 Å². The van der Waals surface area contributed by atoms with Gasteiger partial charge < -0.3 is 10.2 Å². The highest BCUT2D eigenvalue weighted by molar-refractivity contribution is 6.04. The van der Waals surface area contributed by atoms with Crippen LogP contribution >= 0.6 is 12.4 Å². The molecule has 3 atom stereocenters. The molecule has 2 aliphatic heterocycles. The molecule has 1 unspecified atom stereocenters. The third-order valence-electron chi connectivity index (χ3n) is 5.36. The largest absolute Gasteiger partial charge is 0.348 e. The van der Waals surface area contributed by atoms with Crippen LogP contribution in [0.4, 0.5) is 0 Å². The lowest BCUT2D eigenvalue weighted by atomic mass is 9.82. The Morgan fingerprint density at radius 2 is 1.96 bits per heavy atom. The maximum Gasteiger partial charge on any atom is 0.272 e. The Kier molecular flexibility index (Phi) is 4.60. The van der Waals surface area contributed by atoms with Crippen LogP contribution in [0.3, 0.4) is 0 Å². The van der Waals surface area contributed by atoms with E-state index in [0.29, 0.717) is 17.8 Å². The zero-order valence-corrected chi connectivity index (χ0v) is 14.1. The second kappa shape index (κ2) is 6.49. The second-order valence-electron chi connectivity index (χ2n) is 6.66. The number of carbonyl (C=O) groups is 1. The minimum atomic E-state index is -0.0509. The fraction of sp³-hybridized carbons (Fsp3) is 0.529. The second-order valence-corrected chi connectivity index (χ2v) is 6.66. The number of nitrogens with one attached hydrogen (secondary N) is 2. The van der Waals surface area contributed by atoms with Gasteiger partial charge in [0.05, 0.1) is 5.52 Å². The molecule has 2 fully saturated rings. The van der Waals surface area contributed by atoms with Crippen LogP contribution in [0.15, 0.2) is 24.3 Å². The van der Waals surface area contributed by atoms with Crippen LogP contribution in [0.1, 0.15) is 42.6 Å². The van der Waals surface area contributed by atoms with Gasteiger partial charge in [0.25, 0.3) is 5.91 Å². The van der Waals surface area contributed by atoms with E-state index in [-0.39, 0.29) is 24.4 Å². The van der Waals surface area contributed by atoms with Crippen LogP contribution in [-0.4, -0.2) is 46.2 Å². The van der Waals surface area contributed by atoms with E-state index in [4.69, 9.17) is 0 Å². The van der Waals surface area contributed by atoms with Gasteiger partial charge >= 0.3 is 0 Å². The highest BCUT2D eigenvalue weighted by Gasteiger charge is 2.36. The van der Waals surface area contributed by atoms with Crippen molar-refractivity contribution in [3.63, 3.8) is 0 Å². The summed E-state index contributed by atoms with van der Waals surface area (Å²) in [5.41, 5.74) is 1.42. The molecule has 1 amide bonds. The molecule has 5 nitrogen and oxygen atoms in total. The standard InChI is InChI=1S/C17H22N4O.ClH/c1-21-12-5-4-6-13(21)10-11(9-12)18-17(22)16-14-7-2-3-8-15(14)19-20-16;/h2-3,7-8,11-13H,4-6,9-10H2,1H3,(H,18,22)(H,19,20);1H/t11?,12-,13+;. The fourth-order valence-corrected chi connectivity index (χ4v) is 4.12. The van der Waals surface area contributed by atoms with Crippen LogP contribution in [-0.2, 0) is 0 Å². The summed E-state index contributed by atoms with van der Waals surface area (Å²) in [6.07, 6.45) is 5.95. The van der Waals surface area contributed by atoms with Crippen molar-refractivity contribution in [1.82, 2.24) is 20.4 Å². The van der Waals surface area contributed by atoms with Crippen LogP contribution < -0.4 is 5.32 Å². The first-order valence-corrected chi connectivity index (χ1v) is 8.18. The summed E-state index contributed by atoms with van der Waals surface area (Å²) in [5.74, 6) is -0.0509. The van der Waals surface area contributed by atoms with Crippen molar-refractivity contribution in [3.05, 3.63) is 30.0 Å². The average molecular weight is 335 g/mol. The van der Waals surface area contributed by atoms with E-state index in [1.54, 1.807) is 0 Å². The molecule has 0 saturated carbocycles.